The zero-order chi connectivity index (χ0) is 30.0. The maximum atomic E-state index is 12.0. The van der Waals surface area contributed by atoms with Crippen molar-refractivity contribution in [1.29, 1.82) is 0 Å². The van der Waals surface area contributed by atoms with Crippen molar-refractivity contribution in [3.05, 3.63) is 23.3 Å². The molecule has 4 heterocycles. The van der Waals surface area contributed by atoms with Gasteiger partial charge in [0.25, 0.3) is 0 Å². The number of esters is 2. The summed E-state index contributed by atoms with van der Waals surface area (Å²) in [7, 11) is 0. The normalized spacial score (nSPS) is 30.0. The number of hydrogen-bond acceptors (Lipinski definition) is 4. The minimum atomic E-state index is -0.165. The Labute approximate surface area is 290 Å². The van der Waals surface area contributed by atoms with E-state index in [0.717, 1.165) is 23.2 Å². The Morgan fingerprint density at radius 3 is 1.30 bits per heavy atom. The number of hydrogen-bond donors (Lipinski definition) is 0. The number of quaternary nitrogens is 2. The minimum absolute atomic E-state index is 0. The van der Waals surface area contributed by atoms with Crippen LogP contribution < -0.4 is 34.0 Å². The molecule has 6 nitrogen and oxygen atoms in total. The predicted molar refractivity (Wildman–Crippen MR) is 170 cm³/mol. The van der Waals surface area contributed by atoms with Crippen molar-refractivity contribution < 1.29 is 62.0 Å². The van der Waals surface area contributed by atoms with Crippen molar-refractivity contribution in [2.75, 3.05) is 52.5 Å². The SMILES string of the molecule is CC(C)=CC(=O)OC[C@@H]1CC[N+]2(CCCCCCCCCC[N+]34CCC[C@@H]3[C@H](COC(=O)C=C(C)C)CC4)CCC[C@H]12.[Br-].[Br-]. The van der Waals surface area contributed by atoms with Crippen LogP contribution in [-0.4, -0.2) is 85.5 Å². The molecule has 8 heteroatoms. The van der Waals surface area contributed by atoms with E-state index in [1.165, 1.54) is 138 Å². The smallest absolute Gasteiger partial charge is 0.330 e. The number of ether oxygens (including phenoxy) is 2. The third-order valence-electron chi connectivity index (χ3n) is 11.2. The molecule has 4 aliphatic rings. The number of fused-ring (bicyclic) bond motifs is 2. The lowest BCUT2D eigenvalue weighted by Crippen LogP contribution is -3.00. The van der Waals surface area contributed by atoms with Crippen molar-refractivity contribution in [3.8, 4) is 0 Å². The summed E-state index contributed by atoms with van der Waals surface area (Å²) in [4.78, 5) is 24.0. The van der Waals surface area contributed by atoms with Crippen molar-refractivity contribution in [2.45, 2.75) is 130 Å². The first-order valence-electron chi connectivity index (χ1n) is 17.6. The molecule has 4 saturated heterocycles. The van der Waals surface area contributed by atoms with Crippen LogP contribution in [0, 0.1) is 11.8 Å². The van der Waals surface area contributed by atoms with Crippen LogP contribution in [-0.2, 0) is 19.1 Å². The molecule has 0 N–H and O–H groups in total. The number of carbonyl (C=O) groups excluding carboxylic acids is 2. The second-order valence-corrected chi connectivity index (χ2v) is 14.8. The van der Waals surface area contributed by atoms with Crippen LogP contribution in [0.1, 0.15) is 118 Å². The average molecular weight is 747 g/mol. The van der Waals surface area contributed by atoms with Gasteiger partial charge in [0.2, 0.25) is 0 Å². The molecule has 0 saturated carbocycles. The first-order valence-corrected chi connectivity index (χ1v) is 17.6. The van der Waals surface area contributed by atoms with Crippen LogP contribution in [0.3, 0.4) is 0 Å². The highest BCUT2D eigenvalue weighted by atomic mass is 79.9. The summed E-state index contributed by atoms with van der Waals surface area (Å²) in [5.41, 5.74) is 2.02. The molecule has 2 unspecified atom stereocenters. The van der Waals surface area contributed by atoms with E-state index in [-0.39, 0.29) is 45.9 Å². The summed E-state index contributed by atoms with van der Waals surface area (Å²) >= 11 is 0. The highest BCUT2D eigenvalue weighted by Crippen LogP contribution is 2.42. The fourth-order valence-electron chi connectivity index (χ4n) is 9.28. The summed E-state index contributed by atoms with van der Waals surface area (Å²) in [6.07, 6.45) is 22.0. The summed E-state index contributed by atoms with van der Waals surface area (Å²) in [5.74, 6) is 0.781. The van der Waals surface area contributed by atoms with Gasteiger partial charge in [-0.3, -0.25) is 0 Å². The van der Waals surface area contributed by atoms with Crippen LogP contribution in [0.15, 0.2) is 23.3 Å². The molecule has 0 amide bonds. The standard InChI is InChI=1S/C36H62N2O4.2BrH/c1-29(2)25-35(39)41-27-31-17-23-37(21-13-15-33(31)37)19-11-9-7-5-6-8-10-12-20-38-22-14-16-34(38)32(18-24-38)28-42-36(40)26-30(3)4;;/h25-26,31-34H,5-24,27-28H2,1-4H3;2*1H/q+2;;/p-2/t31-,32-,33+,34+,37?,38?;;/m0../s1. The van der Waals surface area contributed by atoms with E-state index in [9.17, 15) is 9.59 Å². The Hall–Kier alpha value is -0.700. The number of allylic oxidation sites excluding steroid dienone is 2. The first-order chi connectivity index (χ1) is 20.2. The van der Waals surface area contributed by atoms with Crippen LogP contribution in [0.25, 0.3) is 0 Å². The maximum Gasteiger partial charge on any atom is 0.330 e. The van der Waals surface area contributed by atoms with Crippen molar-refractivity contribution in [2.24, 2.45) is 11.8 Å². The molecule has 4 rings (SSSR count). The fourth-order valence-corrected chi connectivity index (χ4v) is 9.28. The molecule has 0 aromatic heterocycles. The van der Waals surface area contributed by atoms with Crippen molar-refractivity contribution >= 4 is 11.9 Å². The van der Waals surface area contributed by atoms with Gasteiger partial charge in [0, 0.05) is 50.7 Å². The third-order valence-corrected chi connectivity index (χ3v) is 11.2. The van der Waals surface area contributed by atoms with Gasteiger partial charge in [0.05, 0.1) is 63.2 Å². The van der Waals surface area contributed by atoms with Gasteiger partial charge in [-0.15, -0.1) is 0 Å². The molecule has 0 bridgehead atoms. The van der Waals surface area contributed by atoms with Gasteiger partial charge in [0.15, 0.2) is 0 Å². The van der Waals surface area contributed by atoms with E-state index < -0.39 is 0 Å². The fraction of sp³-hybridized carbons (Fsp3) is 0.833. The largest absolute Gasteiger partial charge is 1.00 e. The van der Waals surface area contributed by atoms with E-state index in [1.807, 2.05) is 27.7 Å². The molecule has 0 spiro atoms. The van der Waals surface area contributed by atoms with Crippen molar-refractivity contribution in [3.63, 3.8) is 0 Å². The quantitative estimate of drug-likeness (QED) is 0.0971. The predicted octanol–water partition coefficient (Wildman–Crippen LogP) is 1.13. The topological polar surface area (TPSA) is 52.6 Å². The van der Waals surface area contributed by atoms with Gasteiger partial charge < -0.3 is 52.4 Å². The molecule has 4 aliphatic heterocycles. The zero-order valence-electron chi connectivity index (χ0n) is 28.3. The minimum Gasteiger partial charge on any atom is -1.00 e. The lowest BCUT2D eigenvalue weighted by Gasteiger charge is -2.36. The Morgan fingerprint density at radius 1 is 0.568 bits per heavy atom. The molecule has 0 aliphatic carbocycles. The molecule has 4 fully saturated rings. The molecule has 44 heavy (non-hydrogen) atoms. The second-order valence-electron chi connectivity index (χ2n) is 14.8. The van der Waals surface area contributed by atoms with Gasteiger partial charge in [0.1, 0.15) is 13.2 Å². The first kappa shape index (κ1) is 39.5. The molecule has 0 radical (unpaired) electrons. The van der Waals surface area contributed by atoms with E-state index >= 15 is 0 Å². The lowest BCUT2D eigenvalue weighted by atomic mass is 9.99. The average Bonchev–Trinajstić information content (AvgIpc) is 3.67. The van der Waals surface area contributed by atoms with Crippen LogP contribution >= 0.6 is 0 Å². The molecular weight excluding hydrogens is 684 g/mol. The summed E-state index contributed by atoms with van der Waals surface area (Å²) in [6, 6.07) is 1.43. The second kappa shape index (κ2) is 19.2. The van der Waals surface area contributed by atoms with Crippen LogP contribution in [0.4, 0.5) is 0 Å². The molecular formula is C36H62Br2N2O4. The molecule has 254 valence electrons. The third kappa shape index (κ3) is 10.9. The van der Waals surface area contributed by atoms with E-state index in [4.69, 9.17) is 9.47 Å². The summed E-state index contributed by atoms with van der Waals surface area (Å²) < 4.78 is 13.9. The van der Waals surface area contributed by atoms with Crippen LogP contribution in [0.2, 0.25) is 0 Å². The van der Waals surface area contributed by atoms with Gasteiger partial charge in [-0.2, -0.15) is 0 Å². The Kier molecular flexibility index (Phi) is 17.2. The monoisotopic (exact) mass is 744 g/mol. The van der Waals surface area contributed by atoms with Gasteiger partial charge in [-0.05, 0) is 53.4 Å². The summed E-state index contributed by atoms with van der Waals surface area (Å²) in [5, 5.41) is 0. The highest BCUT2D eigenvalue weighted by molar-refractivity contribution is 5.82. The Balaban J connectivity index is 0.00000337. The maximum absolute atomic E-state index is 12.0. The lowest BCUT2D eigenvalue weighted by molar-refractivity contribution is -0.929. The van der Waals surface area contributed by atoms with Crippen LogP contribution in [0.5, 0.6) is 0 Å². The molecule has 6 atom stereocenters. The Morgan fingerprint density at radius 2 is 0.932 bits per heavy atom. The molecule has 0 aromatic carbocycles. The number of carbonyl (C=O) groups is 2. The van der Waals surface area contributed by atoms with Gasteiger partial charge in [-0.1, -0.05) is 36.8 Å². The van der Waals surface area contributed by atoms with Gasteiger partial charge in [-0.25, -0.2) is 9.59 Å². The van der Waals surface area contributed by atoms with Gasteiger partial charge >= 0.3 is 11.9 Å². The number of halogens is 2. The number of unbranched alkanes of at least 4 members (excludes halogenated alkanes) is 7. The number of nitrogens with zero attached hydrogens (tertiary/aromatic N) is 2. The van der Waals surface area contributed by atoms with E-state index in [2.05, 4.69) is 0 Å². The Bertz CT molecular complexity index is 888. The number of rotatable bonds is 17. The highest BCUT2D eigenvalue weighted by Gasteiger charge is 2.52. The van der Waals surface area contributed by atoms with E-state index in [1.54, 1.807) is 12.2 Å². The zero-order valence-corrected chi connectivity index (χ0v) is 31.5. The summed E-state index contributed by atoms with van der Waals surface area (Å²) in [6.45, 7) is 16.9. The van der Waals surface area contributed by atoms with Crippen molar-refractivity contribution in [1.82, 2.24) is 0 Å². The van der Waals surface area contributed by atoms with E-state index in [0.29, 0.717) is 25.0 Å². The molecule has 0 aromatic rings.